The molecule has 0 aliphatic carbocycles. The predicted molar refractivity (Wildman–Crippen MR) is 95.3 cm³/mol. The van der Waals surface area contributed by atoms with E-state index in [2.05, 4.69) is 9.97 Å². The fourth-order valence-corrected chi connectivity index (χ4v) is 4.29. The van der Waals surface area contributed by atoms with Gasteiger partial charge in [0.2, 0.25) is 5.91 Å². The summed E-state index contributed by atoms with van der Waals surface area (Å²) in [5.41, 5.74) is 0.650. The van der Waals surface area contributed by atoms with Crippen molar-refractivity contribution in [2.45, 2.75) is 17.9 Å². The fourth-order valence-electron chi connectivity index (χ4n) is 2.93. The predicted octanol–water partition coefficient (Wildman–Crippen LogP) is 0.784. The summed E-state index contributed by atoms with van der Waals surface area (Å²) < 4.78 is 26.5. The number of hydrogen-bond acceptors (Lipinski definition) is 6. The number of carbonyl (C=O) groups excluding carboxylic acids is 1. The molecule has 11 heteroatoms. The molecule has 0 spiro atoms. The molecule has 0 unspecified atom stereocenters. The lowest BCUT2D eigenvalue weighted by Crippen LogP contribution is -2.38. The maximum atomic E-state index is 12.6. The van der Waals surface area contributed by atoms with E-state index in [1.807, 2.05) is 0 Å². The highest BCUT2D eigenvalue weighted by molar-refractivity contribution is 7.89. The van der Waals surface area contributed by atoms with Crippen LogP contribution in [0.25, 0.3) is 0 Å². The molecule has 1 aromatic carbocycles. The van der Waals surface area contributed by atoms with Gasteiger partial charge in [0.1, 0.15) is 0 Å². The van der Waals surface area contributed by atoms with Gasteiger partial charge >= 0.3 is 0 Å². The summed E-state index contributed by atoms with van der Waals surface area (Å²) >= 11 is 0. The molecule has 2 aromatic rings. The second-order valence-corrected chi connectivity index (χ2v) is 8.06. The van der Waals surface area contributed by atoms with Crippen LogP contribution in [0.2, 0.25) is 0 Å². The molecular formula is C16H19N5O5S. The Morgan fingerprint density at radius 2 is 1.93 bits per heavy atom. The van der Waals surface area contributed by atoms with Gasteiger partial charge in [0.15, 0.2) is 5.03 Å². The molecule has 1 amide bonds. The Bertz CT molecular complexity index is 911. The number of aromatic nitrogens is 2. The van der Waals surface area contributed by atoms with E-state index in [9.17, 15) is 23.3 Å². The molecule has 3 rings (SSSR count). The van der Waals surface area contributed by atoms with Crippen molar-refractivity contribution in [2.24, 2.45) is 0 Å². The minimum absolute atomic E-state index is 0.0272. The molecule has 1 aliphatic rings. The van der Waals surface area contributed by atoms with Gasteiger partial charge in [-0.3, -0.25) is 14.9 Å². The highest BCUT2D eigenvalue weighted by Gasteiger charge is 2.29. The molecule has 2 heterocycles. The summed E-state index contributed by atoms with van der Waals surface area (Å²) in [5.74, 6) is -0.135. The van der Waals surface area contributed by atoms with Crippen molar-refractivity contribution in [1.29, 1.82) is 0 Å². The van der Waals surface area contributed by atoms with Gasteiger partial charge < -0.3 is 9.88 Å². The number of H-pyrrole nitrogens is 1. The zero-order valence-corrected chi connectivity index (χ0v) is 15.3. The Hall–Kier alpha value is -2.79. The first-order valence-electron chi connectivity index (χ1n) is 8.37. The Kier molecular flexibility index (Phi) is 5.51. The van der Waals surface area contributed by atoms with Crippen LogP contribution in [0, 0.1) is 10.1 Å². The maximum Gasteiger partial charge on any atom is 0.269 e. The number of nitrogens with zero attached hydrogens (tertiary/aromatic N) is 4. The van der Waals surface area contributed by atoms with Crippen molar-refractivity contribution in [1.82, 2.24) is 19.2 Å². The molecule has 0 radical (unpaired) electrons. The van der Waals surface area contributed by atoms with Crippen molar-refractivity contribution in [3.05, 3.63) is 52.5 Å². The standard InChI is InChI=1S/C16H19N5O5S/c22-16(10-13-2-4-14(5-3-13)21(23)24)19-6-1-7-20(9-8-19)27(25,26)15-11-17-12-18-15/h2-5,11-12H,1,6-10H2,(H,17,18). The van der Waals surface area contributed by atoms with E-state index < -0.39 is 14.9 Å². The van der Waals surface area contributed by atoms with E-state index in [0.717, 1.165) is 0 Å². The zero-order valence-electron chi connectivity index (χ0n) is 14.4. The summed E-state index contributed by atoms with van der Waals surface area (Å²) in [5, 5.41) is 10.7. The van der Waals surface area contributed by atoms with Crippen molar-refractivity contribution in [3.63, 3.8) is 0 Å². The van der Waals surface area contributed by atoms with Gasteiger partial charge in [-0.25, -0.2) is 13.4 Å². The van der Waals surface area contributed by atoms with E-state index in [-0.39, 0.29) is 29.6 Å². The maximum absolute atomic E-state index is 12.6. The molecule has 1 aliphatic heterocycles. The van der Waals surface area contributed by atoms with E-state index in [1.54, 1.807) is 17.0 Å². The number of nitro benzene ring substituents is 1. The van der Waals surface area contributed by atoms with Crippen molar-refractivity contribution in [3.8, 4) is 0 Å². The number of nitro groups is 1. The molecule has 0 atom stereocenters. The first-order chi connectivity index (χ1) is 12.9. The Labute approximate surface area is 156 Å². The van der Waals surface area contributed by atoms with E-state index >= 15 is 0 Å². The summed E-state index contributed by atoms with van der Waals surface area (Å²) in [6, 6.07) is 5.85. The summed E-state index contributed by atoms with van der Waals surface area (Å²) in [7, 11) is -3.65. The van der Waals surface area contributed by atoms with Gasteiger partial charge in [-0.05, 0) is 12.0 Å². The number of rotatable bonds is 5. The fraction of sp³-hybridized carbons (Fsp3) is 0.375. The zero-order chi connectivity index (χ0) is 19.4. The van der Waals surface area contributed by atoms with Crippen LogP contribution in [-0.2, 0) is 21.2 Å². The SMILES string of the molecule is O=C(Cc1ccc([N+](=O)[O-])cc1)N1CCCN(S(=O)(=O)c2cnc[nH]2)CC1. The summed E-state index contributed by atoms with van der Waals surface area (Å²) in [6.07, 6.45) is 3.22. The van der Waals surface area contributed by atoms with Crippen molar-refractivity contribution >= 4 is 21.6 Å². The lowest BCUT2D eigenvalue weighted by atomic mass is 10.1. The number of carbonyl (C=O) groups is 1. The number of non-ortho nitro benzene ring substituents is 1. The smallest absolute Gasteiger partial charge is 0.269 e. The van der Waals surface area contributed by atoms with Crippen molar-refractivity contribution < 1.29 is 18.1 Å². The Morgan fingerprint density at radius 1 is 1.19 bits per heavy atom. The molecule has 1 fully saturated rings. The largest absolute Gasteiger partial charge is 0.341 e. The second-order valence-electron chi connectivity index (χ2n) is 6.15. The molecule has 27 heavy (non-hydrogen) atoms. The third-order valence-corrected chi connectivity index (χ3v) is 6.23. The van der Waals surface area contributed by atoms with Gasteiger partial charge in [0, 0.05) is 38.3 Å². The van der Waals surface area contributed by atoms with Gasteiger partial charge in [-0.1, -0.05) is 12.1 Å². The monoisotopic (exact) mass is 393 g/mol. The first kappa shape index (κ1) is 19.0. The normalized spacial score (nSPS) is 16.1. The third kappa shape index (κ3) is 4.31. The molecule has 1 aromatic heterocycles. The van der Waals surface area contributed by atoms with E-state index in [4.69, 9.17) is 0 Å². The van der Waals surface area contributed by atoms with Gasteiger partial charge in [-0.2, -0.15) is 4.31 Å². The van der Waals surface area contributed by atoms with Gasteiger partial charge in [0.25, 0.3) is 15.7 Å². The van der Waals surface area contributed by atoms with Crippen LogP contribution in [-0.4, -0.2) is 64.6 Å². The Morgan fingerprint density at radius 3 is 2.56 bits per heavy atom. The van der Waals surface area contributed by atoms with Gasteiger partial charge in [-0.15, -0.1) is 0 Å². The molecule has 1 N–H and O–H groups in total. The molecule has 0 bridgehead atoms. The van der Waals surface area contributed by atoms with Crippen LogP contribution < -0.4 is 0 Å². The lowest BCUT2D eigenvalue weighted by Gasteiger charge is -2.21. The second kappa shape index (κ2) is 7.84. The topological polar surface area (TPSA) is 130 Å². The number of nitrogens with one attached hydrogen (secondary N) is 1. The molecular weight excluding hydrogens is 374 g/mol. The third-order valence-electron chi connectivity index (χ3n) is 4.40. The number of sulfonamides is 1. The Balaban J connectivity index is 1.62. The highest BCUT2D eigenvalue weighted by atomic mass is 32.2. The van der Waals surface area contributed by atoms with Crippen molar-refractivity contribution in [2.75, 3.05) is 26.2 Å². The van der Waals surface area contributed by atoms with E-state index in [1.165, 1.54) is 29.0 Å². The average Bonchev–Trinajstić information content (AvgIpc) is 3.07. The lowest BCUT2D eigenvalue weighted by molar-refractivity contribution is -0.384. The first-order valence-corrected chi connectivity index (χ1v) is 9.81. The summed E-state index contributed by atoms with van der Waals surface area (Å²) in [4.78, 5) is 30.7. The molecule has 0 saturated carbocycles. The number of aromatic amines is 1. The molecule has 10 nitrogen and oxygen atoms in total. The molecule has 1 saturated heterocycles. The number of benzene rings is 1. The van der Waals surface area contributed by atoms with Crippen LogP contribution in [0.4, 0.5) is 5.69 Å². The minimum Gasteiger partial charge on any atom is -0.341 e. The average molecular weight is 393 g/mol. The number of imidazole rings is 1. The quantitative estimate of drug-likeness (QED) is 0.590. The van der Waals surface area contributed by atoms with Crippen LogP contribution in [0.1, 0.15) is 12.0 Å². The minimum atomic E-state index is -3.65. The van der Waals surface area contributed by atoms with Gasteiger partial charge in [0.05, 0.1) is 23.9 Å². The highest BCUT2D eigenvalue weighted by Crippen LogP contribution is 2.17. The van der Waals surface area contributed by atoms with Crippen LogP contribution in [0.5, 0.6) is 0 Å². The van der Waals surface area contributed by atoms with Crippen LogP contribution in [0.3, 0.4) is 0 Å². The van der Waals surface area contributed by atoms with E-state index in [0.29, 0.717) is 31.6 Å². The van der Waals surface area contributed by atoms with Crippen LogP contribution in [0.15, 0.2) is 41.8 Å². The number of amides is 1. The van der Waals surface area contributed by atoms with Crippen LogP contribution >= 0.6 is 0 Å². The summed E-state index contributed by atoms with van der Waals surface area (Å²) in [6.45, 7) is 1.27. The molecule has 144 valence electrons. The number of hydrogen-bond donors (Lipinski definition) is 1.